The lowest BCUT2D eigenvalue weighted by molar-refractivity contribution is -0.146. The minimum Gasteiger partial charge on any atom is -0.338 e. The second-order valence-electron chi connectivity index (χ2n) is 8.36. The van der Waals surface area contributed by atoms with Gasteiger partial charge in [-0.2, -0.15) is 0 Å². The van der Waals surface area contributed by atoms with Crippen molar-refractivity contribution >= 4 is 23.2 Å². The van der Waals surface area contributed by atoms with Gasteiger partial charge in [-0.25, -0.2) is 4.98 Å². The fourth-order valence-electron chi connectivity index (χ4n) is 4.44. The molecule has 2 amide bonds. The van der Waals surface area contributed by atoms with Crippen LogP contribution in [0.2, 0.25) is 0 Å². The third-order valence-corrected chi connectivity index (χ3v) is 6.72. The molecule has 2 aliphatic heterocycles. The lowest BCUT2D eigenvalue weighted by atomic mass is 9.78. The van der Waals surface area contributed by atoms with Crippen LogP contribution in [0.15, 0.2) is 35.2 Å². The molecule has 0 radical (unpaired) electrons. The highest BCUT2D eigenvalue weighted by Gasteiger charge is 2.49. The molecular weight excluding hydrogens is 370 g/mol. The Morgan fingerprint density at radius 2 is 2.00 bits per heavy atom. The number of hydrogen-bond donors (Lipinski definition) is 0. The Balaban J connectivity index is 1.45. The molecule has 1 aromatic heterocycles. The zero-order chi connectivity index (χ0) is 19.7. The van der Waals surface area contributed by atoms with Gasteiger partial charge in [-0.1, -0.05) is 38.1 Å². The van der Waals surface area contributed by atoms with E-state index in [-0.39, 0.29) is 11.8 Å². The number of piperidine rings is 1. The Morgan fingerprint density at radius 3 is 2.68 bits per heavy atom. The highest BCUT2D eigenvalue weighted by molar-refractivity contribution is 7.07. The number of carbonyl (C=O) groups excluding carboxylic acids is 2. The number of rotatable bonds is 4. The van der Waals surface area contributed by atoms with Crippen LogP contribution in [0.1, 0.15) is 60.6 Å². The van der Waals surface area contributed by atoms with Crippen molar-refractivity contribution in [3.8, 4) is 0 Å². The summed E-state index contributed by atoms with van der Waals surface area (Å²) < 4.78 is 0. The number of thiazole rings is 1. The number of likely N-dealkylation sites (tertiary alicyclic amines) is 2. The summed E-state index contributed by atoms with van der Waals surface area (Å²) in [6.45, 7) is 6.98. The summed E-state index contributed by atoms with van der Waals surface area (Å²) in [6.07, 6.45) is 2.62. The van der Waals surface area contributed by atoms with Crippen LogP contribution >= 0.6 is 11.3 Å². The van der Waals surface area contributed by atoms with E-state index in [9.17, 15) is 9.59 Å². The summed E-state index contributed by atoms with van der Waals surface area (Å²) >= 11 is 1.42. The Hall–Kier alpha value is -2.21. The summed E-state index contributed by atoms with van der Waals surface area (Å²) in [5, 5.41) is 1.78. The van der Waals surface area contributed by atoms with E-state index >= 15 is 0 Å². The molecule has 28 heavy (non-hydrogen) atoms. The minimum atomic E-state index is -0.415. The second-order valence-corrected chi connectivity index (χ2v) is 9.08. The third kappa shape index (κ3) is 3.58. The van der Waals surface area contributed by atoms with E-state index in [0.29, 0.717) is 31.2 Å². The minimum absolute atomic E-state index is 0.0488. The van der Waals surface area contributed by atoms with Crippen LogP contribution in [0, 0.1) is 5.41 Å². The van der Waals surface area contributed by atoms with Gasteiger partial charge < -0.3 is 9.80 Å². The number of aromatic nitrogens is 1. The summed E-state index contributed by atoms with van der Waals surface area (Å²) in [5.74, 6) is 0.668. The number of benzene rings is 1. The lowest BCUT2D eigenvalue weighted by Crippen LogP contribution is -2.50. The smallest absolute Gasteiger partial charge is 0.273 e. The van der Waals surface area contributed by atoms with Gasteiger partial charge in [0.05, 0.1) is 10.9 Å². The van der Waals surface area contributed by atoms with Crippen molar-refractivity contribution in [2.45, 2.75) is 45.6 Å². The Bertz CT molecular complexity index is 847. The van der Waals surface area contributed by atoms with Crippen molar-refractivity contribution in [3.05, 3.63) is 52.0 Å². The van der Waals surface area contributed by atoms with Gasteiger partial charge in [-0.3, -0.25) is 9.59 Å². The van der Waals surface area contributed by atoms with Crippen molar-refractivity contribution in [3.63, 3.8) is 0 Å². The van der Waals surface area contributed by atoms with Crippen LogP contribution in [0.4, 0.5) is 0 Å². The molecule has 2 saturated heterocycles. The maximum absolute atomic E-state index is 13.4. The monoisotopic (exact) mass is 397 g/mol. The molecule has 3 heterocycles. The van der Waals surface area contributed by atoms with Gasteiger partial charge in [0.1, 0.15) is 5.69 Å². The number of carbonyl (C=O) groups is 2. The zero-order valence-corrected chi connectivity index (χ0v) is 17.4. The van der Waals surface area contributed by atoms with Crippen molar-refractivity contribution in [1.29, 1.82) is 0 Å². The molecule has 0 aliphatic carbocycles. The highest BCUT2D eigenvalue weighted by atomic mass is 32.1. The molecule has 2 fully saturated rings. The van der Waals surface area contributed by atoms with Gasteiger partial charge >= 0.3 is 0 Å². The van der Waals surface area contributed by atoms with Crippen LogP contribution < -0.4 is 0 Å². The predicted molar refractivity (Wildman–Crippen MR) is 110 cm³/mol. The molecule has 1 spiro atoms. The first-order valence-electron chi connectivity index (χ1n) is 10.0. The SMILES string of the molecule is CC(C)c1ccc(CN2CCC[C@@]3(CCN(C(=O)c4cscn4)C3)C2=O)cc1. The molecule has 0 N–H and O–H groups in total. The Labute approximate surface area is 170 Å². The highest BCUT2D eigenvalue weighted by Crippen LogP contribution is 2.41. The van der Waals surface area contributed by atoms with E-state index in [1.807, 2.05) is 9.80 Å². The van der Waals surface area contributed by atoms with E-state index in [2.05, 4.69) is 43.1 Å². The standard InChI is InChI=1S/C22H27N3O2S/c1-16(2)18-6-4-17(5-7-18)12-24-10-3-8-22(21(24)27)9-11-25(14-22)20(26)19-13-28-15-23-19/h4-7,13,15-16H,3,8-12,14H2,1-2H3/t22-/m0/s1. The molecule has 4 rings (SSSR count). The lowest BCUT2D eigenvalue weighted by Gasteiger charge is -2.39. The van der Waals surface area contributed by atoms with E-state index in [1.165, 1.54) is 22.5 Å². The Morgan fingerprint density at radius 1 is 1.21 bits per heavy atom. The molecule has 0 saturated carbocycles. The zero-order valence-electron chi connectivity index (χ0n) is 16.6. The van der Waals surface area contributed by atoms with Gasteiger partial charge in [0.25, 0.3) is 5.91 Å². The quantitative estimate of drug-likeness (QED) is 0.786. The number of amides is 2. The van der Waals surface area contributed by atoms with E-state index in [1.54, 1.807) is 10.9 Å². The Kier molecular flexibility index (Phi) is 5.23. The molecule has 148 valence electrons. The van der Waals surface area contributed by atoms with Gasteiger partial charge in [0.15, 0.2) is 0 Å². The van der Waals surface area contributed by atoms with Crippen LogP contribution in [0.3, 0.4) is 0 Å². The van der Waals surface area contributed by atoms with Gasteiger partial charge in [-0.15, -0.1) is 11.3 Å². The average Bonchev–Trinajstić information content (AvgIpc) is 3.37. The van der Waals surface area contributed by atoms with Crippen molar-refractivity contribution in [2.24, 2.45) is 5.41 Å². The first-order chi connectivity index (χ1) is 13.5. The molecule has 2 aliphatic rings. The van der Waals surface area contributed by atoms with Crippen LogP contribution in [0.25, 0.3) is 0 Å². The third-order valence-electron chi connectivity index (χ3n) is 6.14. The number of hydrogen-bond acceptors (Lipinski definition) is 4. The van der Waals surface area contributed by atoms with Crippen LogP contribution in [0.5, 0.6) is 0 Å². The molecule has 1 atom stereocenters. The van der Waals surface area contributed by atoms with Gasteiger partial charge in [-0.05, 0) is 36.3 Å². The van der Waals surface area contributed by atoms with Crippen LogP contribution in [-0.4, -0.2) is 46.2 Å². The van der Waals surface area contributed by atoms with Gasteiger partial charge in [0, 0.05) is 31.6 Å². The van der Waals surface area contributed by atoms with Crippen molar-refractivity contribution in [1.82, 2.24) is 14.8 Å². The molecule has 2 aromatic rings. The van der Waals surface area contributed by atoms with E-state index in [4.69, 9.17) is 0 Å². The van der Waals surface area contributed by atoms with Crippen molar-refractivity contribution in [2.75, 3.05) is 19.6 Å². The normalized spacial score (nSPS) is 22.5. The number of nitrogens with zero attached hydrogens (tertiary/aromatic N) is 3. The molecule has 0 bridgehead atoms. The fourth-order valence-corrected chi connectivity index (χ4v) is 4.96. The average molecular weight is 398 g/mol. The molecule has 0 unspecified atom stereocenters. The molecule has 1 aromatic carbocycles. The summed E-state index contributed by atoms with van der Waals surface area (Å²) in [6, 6.07) is 8.59. The largest absolute Gasteiger partial charge is 0.338 e. The molecule has 6 heteroatoms. The van der Waals surface area contributed by atoms with Gasteiger partial charge in [0.2, 0.25) is 5.91 Å². The molecular formula is C22H27N3O2S. The summed E-state index contributed by atoms with van der Waals surface area (Å²) in [4.78, 5) is 33.9. The fraction of sp³-hybridized carbons (Fsp3) is 0.500. The summed E-state index contributed by atoms with van der Waals surface area (Å²) in [7, 11) is 0. The maximum atomic E-state index is 13.4. The molecule has 5 nitrogen and oxygen atoms in total. The first kappa shape index (κ1) is 19.1. The maximum Gasteiger partial charge on any atom is 0.273 e. The second kappa shape index (κ2) is 7.66. The van der Waals surface area contributed by atoms with Crippen molar-refractivity contribution < 1.29 is 9.59 Å². The van der Waals surface area contributed by atoms with E-state index < -0.39 is 5.41 Å². The topological polar surface area (TPSA) is 53.5 Å². The first-order valence-corrected chi connectivity index (χ1v) is 11.0. The van der Waals surface area contributed by atoms with E-state index in [0.717, 1.165) is 25.8 Å². The predicted octanol–water partition coefficient (Wildman–Crippen LogP) is 3.92. The summed E-state index contributed by atoms with van der Waals surface area (Å²) in [5.41, 5.74) is 4.24. The van der Waals surface area contributed by atoms with Crippen LogP contribution in [-0.2, 0) is 11.3 Å².